The molecule has 33 heavy (non-hydrogen) atoms. The van der Waals surface area contributed by atoms with E-state index in [1.165, 1.54) is 6.92 Å². The predicted molar refractivity (Wildman–Crippen MR) is 106 cm³/mol. The molecular formula is C18H32O14S. The molecule has 0 saturated carbocycles. The van der Waals surface area contributed by atoms with Crippen LogP contribution in [-0.2, 0) is 18.9 Å². The molecule has 15 atom stereocenters. The highest BCUT2D eigenvalue weighted by atomic mass is 32.2. The van der Waals surface area contributed by atoms with Crippen molar-refractivity contribution in [1.29, 1.82) is 0 Å². The van der Waals surface area contributed by atoms with E-state index in [2.05, 4.69) is 0 Å². The Morgan fingerprint density at radius 3 is 1.76 bits per heavy atom. The molecule has 3 fully saturated rings. The summed E-state index contributed by atoms with van der Waals surface area (Å²) < 4.78 is 22.0. The third kappa shape index (κ3) is 5.47. The van der Waals surface area contributed by atoms with Gasteiger partial charge < -0.3 is 70.0 Å². The molecule has 3 heterocycles. The van der Waals surface area contributed by atoms with Crippen LogP contribution >= 0.6 is 11.8 Å². The molecule has 0 radical (unpaired) electrons. The van der Waals surface area contributed by atoms with E-state index in [-0.39, 0.29) is 0 Å². The monoisotopic (exact) mass is 504 g/mol. The maximum absolute atomic E-state index is 10.6. The molecule has 0 aromatic rings. The van der Waals surface area contributed by atoms with Crippen molar-refractivity contribution >= 4 is 11.8 Å². The first-order valence-corrected chi connectivity index (χ1v) is 11.4. The van der Waals surface area contributed by atoms with E-state index in [9.17, 15) is 51.1 Å². The minimum absolute atomic E-state index is 0.595. The molecule has 3 aliphatic heterocycles. The van der Waals surface area contributed by atoms with Gasteiger partial charge in [-0.1, -0.05) is 0 Å². The Morgan fingerprint density at radius 1 is 0.636 bits per heavy atom. The molecule has 10 N–H and O–H groups in total. The number of hydrogen-bond donors (Lipinski definition) is 10. The van der Waals surface area contributed by atoms with Crippen LogP contribution in [0.3, 0.4) is 0 Å². The molecule has 0 aliphatic carbocycles. The molecule has 3 saturated heterocycles. The topological polar surface area (TPSA) is 239 Å². The van der Waals surface area contributed by atoms with Crippen LogP contribution in [0.25, 0.3) is 0 Å². The Kier molecular flexibility index (Phi) is 9.32. The van der Waals surface area contributed by atoms with E-state index in [4.69, 9.17) is 18.9 Å². The third-order valence-corrected chi connectivity index (χ3v) is 7.38. The number of aliphatic hydroxyl groups excluding tert-OH is 10. The van der Waals surface area contributed by atoms with Crippen molar-refractivity contribution in [2.24, 2.45) is 0 Å². The Balaban J connectivity index is 1.83. The minimum atomic E-state index is -1.79. The van der Waals surface area contributed by atoms with E-state index in [0.29, 0.717) is 0 Å². The van der Waals surface area contributed by atoms with Crippen molar-refractivity contribution in [3.05, 3.63) is 0 Å². The molecule has 0 spiro atoms. The van der Waals surface area contributed by atoms with E-state index in [0.717, 1.165) is 11.8 Å². The first-order valence-electron chi connectivity index (χ1n) is 10.4. The summed E-state index contributed by atoms with van der Waals surface area (Å²) in [6, 6.07) is 0. The second-order valence-electron chi connectivity index (χ2n) is 8.32. The summed E-state index contributed by atoms with van der Waals surface area (Å²) in [6.45, 7) is 0.105. The van der Waals surface area contributed by atoms with Gasteiger partial charge >= 0.3 is 0 Å². The molecule has 0 aromatic carbocycles. The molecule has 0 bridgehead atoms. The molecule has 14 nitrogen and oxygen atoms in total. The zero-order valence-electron chi connectivity index (χ0n) is 17.6. The van der Waals surface area contributed by atoms with Gasteiger partial charge in [-0.05, 0) is 6.92 Å². The standard InChI is InChI=1S/C18H32O14S/c1-4-7(21)9(23)11(25)17(29-4)32-15-13(27)16(28)33-6(3-20)14(15)31-18-12(26)10(24)8(22)5(2-19)30-18/h4-28H,2-3H2,1H3/t4?,5?,6?,7-,8+,9+,10?,11?,12+,13+,14-,15-,16?,17+,18?/m1/s1. The van der Waals surface area contributed by atoms with Crippen LogP contribution in [0, 0.1) is 0 Å². The SMILES string of the molecule is CC1O[C@@H](O[C@@H]2[C@H](O)C(O)SC(CO)[C@H]2OC2OC(CO)[C@H](O)C(O)[C@@H]2O)C(O)[C@@H](O)[C@@H]1O. The van der Waals surface area contributed by atoms with Crippen molar-refractivity contribution in [3.63, 3.8) is 0 Å². The largest absolute Gasteiger partial charge is 0.395 e. The third-order valence-electron chi connectivity index (χ3n) is 6.05. The van der Waals surface area contributed by atoms with Crippen molar-refractivity contribution in [1.82, 2.24) is 0 Å². The van der Waals surface area contributed by atoms with Crippen molar-refractivity contribution in [2.75, 3.05) is 13.2 Å². The van der Waals surface area contributed by atoms with Crippen LogP contribution in [0.1, 0.15) is 6.92 Å². The van der Waals surface area contributed by atoms with Crippen LogP contribution in [0.15, 0.2) is 0 Å². The highest BCUT2D eigenvalue weighted by Gasteiger charge is 2.53. The number of thioether (sulfide) groups is 1. The van der Waals surface area contributed by atoms with Gasteiger partial charge in [-0.15, -0.1) is 11.8 Å². The molecule has 0 amide bonds. The first-order chi connectivity index (χ1) is 15.5. The van der Waals surface area contributed by atoms with Crippen LogP contribution < -0.4 is 0 Å². The van der Waals surface area contributed by atoms with Gasteiger partial charge in [-0.2, -0.15) is 0 Å². The molecular weight excluding hydrogens is 472 g/mol. The summed E-state index contributed by atoms with van der Waals surface area (Å²) >= 11 is 0.728. The van der Waals surface area contributed by atoms with E-state index >= 15 is 0 Å². The lowest BCUT2D eigenvalue weighted by molar-refractivity contribution is -0.346. The lowest BCUT2D eigenvalue weighted by Crippen LogP contribution is -2.65. The first kappa shape index (κ1) is 27.4. The zero-order valence-corrected chi connectivity index (χ0v) is 18.4. The fraction of sp³-hybridized carbons (Fsp3) is 1.00. The normalized spacial score (nSPS) is 53.7. The number of ether oxygens (including phenoxy) is 4. The van der Waals surface area contributed by atoms with E-state index in [1.54, 1.807) is 0 Å². The lowest BCUT2D eigenvalue weighted by Gasteiger charge is -2.48. The summed E-state index contributed by atoms with van der Waals surface area (Å²) in [5.74, 6) is 0. The van der Waals surface area contributed by atoms with Crippen LogP contribution in [-0.4, -0.2) is 155 Å². The Bertz CT molecular complexity index is 629. The van der Waals surface area contributed by atoms with Gasteiger partial charge in [0.05, 0.1) is 24.6 Å². The Morgan fingerprint density at radius 2 is 1.18 bits per heavy atom. The number of hydrogen-bond acceptors (Lipinski definition) is 15. The van der Waals surface area contributed by atoms with Gasteiger partial charge in [0.2, 0.25) is 0 Å². The average Bonchev–Trinajstić information content (AvgIpc) is 2.80. The van der Waals surface area contributed by atoms with Crippen LogP contribution in [0.5, 0.6) is 0 Å². The predicted octanol–water partition coefficient (Wildman–Crippen LogP) is -5.83. The maximum Gasteiger partial charge on any atom is 0.187 e. The molecule has 0 aromatic heterocycles. The van der Waals surface area contributed by atoms with Gasteiger partial charge in [0.1, 0.15) is 66.5 Å². The summed E-state index contributed by atoms with van der Waals surface area (Å²) in [4.78, 5) is 0. The second kappa shape index (κ2) is 11.2. The van der Waals surface area contributed by atoms with E-state index in [1.807, 2.05) is 0 Å². The van der Waals surface area contributed by atoms with Gasteiger partial charge in [-0.25, -0.2) is 0 Å². The summed E-state index contributed by atoms with van der Waals surface area (Å²) in [7, 11) is 0. The quantitative estimate of drug-likeness (QED) is 0.162. The molecule has 7 unspecified atom stereocenters. The fourth-order valence-corrected chi connectivity index (χ4v) is 5.12. The Labute approximate surface area is 192 Å². The van der Waals surface area contributed by atoms with Crippen molar-refractivity contribution in [2.45, 2.75) is 97.3 Å². The van der Waals surface area contributed by atoms with E-state index < -0.39 is 104 Å². The zero-order chi connectivity index (χ0) is 24.6. The Hall–Kier alpha value is -0.210. The summed E-state index contributed by atoms with van der Waals surface area (Å²) in [5, 5.41) is 99.4. The van der Waals surface area contributed by atoms with Gasteiger partial charge in [-0.3, -0.25) is 0 Å². The molecule has 3 aliphatic rings. The van der Waals surface area contributed by atoms with Crippen molar-refractivity contribution < 1.29 is 70.0 Å². The molecule has 194 valence electrons. The highest BCUT2D eigenvalue weighted by molar-refractivity contribution is 8.00. The average molecular weight is 505 g/mol. The van der Waals surface area contributed by atoms with Crippen LogP contribution in [0.4, 0.5) is 0 Å². The number of rotatable bonds is 6. The molecule has 3 rings (SSSR count). The van der Waals surface area contributed by atoms with Gasteiger partial charge in [0.15, 0.2) is 12.6 Å². The lowest BCUT2D eigenvalue weighted by atomic mass is 9.98. The highest BCUT2D eigenvalue weighted by Crippen LogP contribution is 2.38. The van der Waals surface area contributed by atoms with Crippen molar-refractivity contribution in [3.8, 4) is 0 Å². The summed E-state index contributed by atoms with van der Waals surface area (Å²) in [6.07, 6.45) is -20.0. The van der Waals surface area contributed by atoms with Gasteiger partial charge in [0.25, 0.3) is 0 Å². The number of aliphatic hydroxyl groups is 10. The smallest absolute Gasteiger partial charge is 0.187 e. The fourth-order valence-electron chi connectivity index (χ4n) is 3.99. The van der Waals surface area contributed by atoms with Gasteiger partial charge in [0, 0.05) is 0 Å². The summed E-state index contributed by atoms with van der Waals surface area (Å²) in [5.41, 5.74) is -1.46. The second-order valence-corrected chi connectivity index (χ2v) is 9.68. The maximum atomic E-state index is 10.6. The molecule has 15 heteroatoms. The van der Waals surface area contributed by atoms with Crippen LogP contribution in [0.2, 0.25) is 0 Å². The minimum Gasteiger partial charge on any atom is -0.395 e.